The summed E-state index contributed by atoms with van der Waals surface area (Å²) in [6, 6.07) is 11.3. The van der Waals surface area contributed by atoms with Gasteiger partial charge in [-0.25, -0.2) is 4.99 Å². The average molecular weight is 539 g/mol. The van der Waals surface area contributed by atoms with Crippen molar-refractivity contribution in [1.29, 1.82) is 0 Å². The number of allylic oxidation sites excluding steroid dienone is 4. The van der Waals surface area contributed by atoms with Gasteiger partial charge in [0.05, 0.1) is 19.7 Å². The Balaban J connectivity index is 1.97. The maximum atomic E-state index is 5.92. The minimum absolute atomic E-state index is 0.00484. The first kappa shape index (κ1) is 28.6. The van der Waals surface area contributed by atoms with Crippen LogP contribution in [0.15, 0.2) is 102 Å². The molecular weight excluding hydrogens is 494 g/mol. The highest BCUT2D eigenvalue weighted by Crippen LogP contribution is 2.45. The van der Waals surface area contributed by atoms with Gasteiger partial charge < -0.3 is 10.1 Å². The predicted octanol–water partition coefficient (Wildman–Crippen LogP) is 7.42. The first-order chi connectivity index (χ1) is 18.4. The van der Waals surface area contributed by atoms with E-state index in [1.54, 1.807) is 13.1 Å². The Morgan fingerprint density at radius 3 is 2.51 bits per heavy atom. The van der Waals surface area contributed by atoms with E-state index in [1.807, 2.05) is 0 Å². The molecule has 2 atom stereocenters. The molecule has 0 amide bonds. The average Bonchev–Trinajstić information content (AvgIpc) is 2.94. The minimum atomic E-state index is -1.63. The fourth-order valence-corrected chi connectivity index (χ4v) is 7.78. The van der Waals surface area contributed by atoms with E-state index >= 15 is 0 Å². The van der Waals surface area contributed by atoms with Gasteiger partial charge in [-0.2, -0.15) is 4.57 Å². The summed E-state index contributed by atoms with van der Waals surface area (Å²) in [6.45, 7) is 30.9. The molecule has 0 bridgehead atoms. The first-order valence-electron chi connectivity index (χ1n) is 13.9. The van der Waals surface area contributed by atoms with Crippen LogP contribution in [0.5, 0.6) is 0 Å². The van der Waals surface area contributed by atoms with E-state index in [4.69, 9.17) is 9.73 Å². The van der Waals surface area contributed by atoms with Crippen LogP contribution in [0, 0.1) is 0 Å². The molecule has 0 aliphatic carbocycles. The number of ether oxygens (including phenoxy) is 1. The van der Waals surface area contributed by atoms with Gasteiger partial charge >= 0.3 is 0 Å². The van der Waals surface area contributed by atoms with Crippen molar-refractivity contribution in [3.8, 4) is 11.3 Å². The third-order valence-corrected chi connectivity index (χ3v) is 10.0. The third kappa shape index (κ3) is 5.37. The van der Waals surface area contributed by atoms with Crippen LogP contribution in [0.2, 0.25) is 19.6 Å². The summed E-state index contributed by atoms with van der Waals surface area (Å²) >= 11 is 0. The lowest BCUT2D eigenvalue weighted by Gasteiger charge is -2.32. The zero-order valence-corrected chi connectivity index (χ0v) is 25.8. The Morgan fingerprint density at radius 2 is 1.90 bits per heavy atom. The molecule has 0 saturated heterocycles. The van der Waals surface area contributed by atoms with Crippen LogP contribution in [0.1, 0.15) is 62.6 Å². The van der Waals surface area contributed by atoms with E-state index in [1.165, 1.54) is 33.1 Å². The number of aliphatic imine (C=N–C) groups is 1. The SMILES string of the molecule is C=CC1=NC(=C)C2C(CCC(C)=C1C(=C)OC(=C)NC)c1ccccc1-c1cc(C(C)C)c([Si](C)(C)C)c[n+]12. The lowest BCUT2D eigenvalue weighted by Crippen LogP contribution is -2.54. The van der Waals surface area contributed by atoms with Crippen molar-refractivity contribution in [2.45, 2.75) is 71.1 Å². The molecule has 0 saturated carbocycles. The summed E-state index contributed by atoms with van der Waals surface area (Å²) in [6.07, 6.45) is 6.06. The second-order valence-corrected chi connectivity index (χ2v) is 17.1. The maximum Gasteiger partial charge on any atom is 0.213 e. The molecule has 4 rings (SSSR count). The molecule has 2 aromatic rings. The number of rotatable bonds is 7. The number of pyridine rings is 1. The van der Waals surface area contributed by atoms with Gasteiger partial charge in [-0.05, 0) is 55.5 Å². The van der Waals surface area contributed by atoms with Gasteiger partial charge in [0.2, 0.25) is 11.7 Å². The van der Waals surface area contributed by atoms with Crippen LogP contribution in [-0.4, -0.2) is 20.8 Å². The van der Waals surface area contributed by atoms with E-state index < -0.39 is 8.07 Å². The molecular formula is C34H44N3OSi+. The molecule has 2 unspecified atom stereocenters. The summed E-state index contributed by atoms with van der Waals surface area (Å²) in [5.41, 5.74) is 8.97. The summed E-state index contributed by atoms with van der Waals surface area (Å²) < 4.78 is 8.40. The molecule has 2 aliphatic heterocycles. The highest BCUT2D eigenvalue weighted by atomic mass is 28.3. The summed E-state index contributed by atoms with van der Waals surface area (Å²) in [4.78, 5) is 5.15. The molecule has 5 heteroatoms. The largest absolute Gasteiger partial charge is 0.442 e. The smallest absolute Gasteiger partial charge is 0.213 e. The molecule has 1 aromatic carbocycles. The molecule has 1 aromatic heterocycles. The Hall–Kier alpha value is -3.44. The lowest BCUT2D eigenvalue weighted by molar-refractivity contribution is -0.708. The van der Waals surface area contributed by atoms with Crippen molar-refractivity contribution in [2.24, 2.45) is 4.99 Å². The van der Waals surface area contributed by atoms with E-state index in [-0.39, 0.29) is 12.0 Å². The van der Waals surface area contributed by atoms with E-state index in [0.29, 0.717) is 17.6 Å². The highest BCUT2D eigenvalue weighted by molar-refractivity contribution is 6.89. The highest BCUT2D eigenvalue weighted by Gasteiger charge is 2.44. The first-order valence-corrected chi connectivity index (χ1v) is 17.4. The number of aromatic nitrogens is 1. The van der Waals surface area contributed by atoms with Crippen LogP contribution in [0.4, 0.5) is 0 Å². The van der Waals surface area contributed by atoms with Crippen molar-refractivity contribution in [3.05, 3.63) is 109 Å². The lowest BCUT2D eigenvalue weighted by atomic mass is 9.78. The molecule has 3 heterocycles. The molecule has 39 heavy (non-hydrogen) atoms. The van der Waals surface area contributed by atoms with Crippen molar-refractivity contribution >= 4 is 19.0 Å². The van der Waals surface area contributed by atoms with Gasteiger partial charge in [0.1, 0.15) is 11.5 Å². The van der Waals surface area contributed by atoms with E-state index in [2.05, 4.69) is 113 Å². The fourth-order valence-electron chi connectivity index (χ4n) is 6.03. The van der Waals surface area contributed by atoms with Gasteiger partial charge in [-0.15, -0.1) is 0 Å². The standard InChI is InChI=1S/C34H44N3OSi/c1-12-30-33(24(6)38-25(7)35-8)22(4)17-18-28-26-15-13-14-16-27(26)31-19-29(21(2)3)32(39(9,10)11)20-37(31)34(28)23(5)36-30/h12-16,19-21,28,34-35H,1,5-7,17-18H2,2-4,8-11H3/q+1. The minimum Gasteiger partial charge on any atom is -0.442 e. The molecule has 204 valence electrons. The number of hydrogen-bond donors (Lipinski definition) is 1. The van der Waals surface area contributed by atoms with E-state index in [0.717, 1.165) is 29.8 Å². The normalized spacial score (nSPS) is 19.1. The molecule has 2 aliphatic rings. The molecule has 4 nitrogen and oxygen atoms in total. The molecule has 1 N–H and O–H groups in total. The van der Waals surface area contributed by atoms with Crippen LogP contribution in [-0.2, 0) is 4.74 Å². The van der Waals surface area contributed by atoms with Crippen LogP contribution >= 0.6 is 0 Å². The second kappa shape index (κ2) is 11.0. The number of fused-ring (bicyclic) bond motifs is 6. The van der Waals surface area contributed by atoms with Gasteiger partial charge in [-0.1, -0.05) is 77.0 Å². The molecule has 0 radical (unpaired) electrons. The van der Waals surface area contributed by atoms with Crippen molar-refractivity contribution in [1.82, 2.24) is 5.32 Å². The Bertz CT molecular complexity index is 1420. The molecule has 0 spiro atoms. The van der Waals surface area contributed by atoms with Crippen LogP contribution in [0.3, 0.4) is 0 Å². The fraction of sp³-hybridized carbons (Fsp3) is 0.353. The van der Waals surface area contributed by atoms with Gasteiger partial charge in [-0.3, -0.25) is 0 Å². The van der Waals surface area contributed by atoms with Crippen molar-refractivity contribution in [3.63, 3.8) is 0 Å². The predicted molar refractivity (Wildman–Crippen MR) is 168 cm³/mol. The zero-order chi connectivity index (χ0) is 28.6. The van der Waals surface area contributed by atoms with Gasteiger partial charge in [0.25, 0.3) is 0 Å². The number of hydrogen-bond acceptors (Lipinski definition) is 3. The number of nitrogens with one attached hydrogen (secondary N) is 1. The second-order valence-electron chi connectivity index (χ2n) is 12.1. The maximum absolute atomic E-state index is 5.92. The molecule has 0 fully saturated rings. The summed E-state index contributed by atoms with van der Waals surface area (Å²) in [5.74, 6) is 1.63. The van der Waals surface area contributed by atoms with Crippen LogP contribution in [0.25, 0.3) is 11.3 Å². The monoisotopic (exact) mass is 538 g/mol. The zero-order valence-electron chi connectivity index (χ0n) is 24.8. The number of benzene rings is 1. The van der Waals surface area contributed by atoms with Crippen molar-refractivity contribution in [2.75, 3.05) is 7.05 Å². The quantitative estimate of drug-likeness (QED) is 0.226. The van der Waals surface area contributed by atoms with E-state index in [9.17, 15) is 0 Å². The summed E-state index contributed by atoms with van der Waals surface area (Å²) in [5, 5.41) is 4.44. The van der Waals surface area contributed by atoms with Gasteiger partial charge in [0, 0.05) is 29.4 Å². The van der Waals surface area contributed by atoms with Gasteiger partial charge in [0.15, 0.2) is 12.1 Å². The van der Waals surface area contributed by atoms with Crippen LogP contribution < -0.4 is 15.1 Å². The Kier molecular flexibility index (Phi) is 8.03. The Morgan fingerprint density at radius 1 is 1.21 bits per heavy atom. The third-order valence-electron chi connectivity index (χ3n) is 8.01. The number of nitrogens with zero attached hydrogens (tertiary/aromatic N) is 2. The topological polar surface area (TPSA) is 37.5 Å². The van der Waals surface area contributed by atoms with Crippen molar-refractivity contribution < 1.29 is 9.30 Å². The Labute approximate surface area is 236 Å². The summed E-state index contributed by atoms with van der Waals surface area (Å²) in [7, 11) is 0.146.